The summed E-state index contributed by atoms with van der Waals surface area (Å²) in [6, 6.07) is 4.89. The van der Waals surface area contributed by atoms with Crippen molar-refractivity contribution in [2.75, 3.05) is 26.6 Å². The maximum Gasteiger partial charge on any atom is 0.325 e. The van der Waals surface area contributed by atoms with E-state index < -0.39 is 26.8 Å². The van der Waals surface area contributed by atoms with E-state index in [-0.39, 0.29) is 11.5 Å². The molecule has 0 aliphatic rings. The van der Waals surface area contributed by atoms with E-state index in [9.17, 15) is 13.2 Å². The fourth-order valence-electron chi connectivity index (χ4n) is 2.38. The van der Waals surface area contributed by atoms with Gasteiger partial charge in [-0.3, -0.25) is 4.79 Å². The van der Waals surface area contributed by atoms with Gasteiger partial charge in [-0.2, -0.15) is 16.5 Å². The van der Waals surface area contributed by atoms with Crippen molar-refractivity contribution in [1.82, 2.24) is 4.72 Å². The van der Waals surface area contributed by atoms with Crippen LogP contribution in [0.5, 0.6) is 5.75 Å². The van der Waals surface area contributed by atoms with Gasteiger partial charge in [0.25, 0.3) is 0 Å². The normalized spacial score (nSPS) is 13.2. The average molecular weight is 420 g/mol. The maximum atomic E-state index is 12.7. The summed E-state index contributed by atoms with van der Waals surface area (Å²) in [6.45, 7) is 3.77. The van der Waals surface area contributed by atoms with Crippen molar-refractivity contribution >= 4 is 27.8 Å². The second-order valence-corrected chi connectivity index (χ2v) is 9.95. The fraction of sp³-hybridized carbons (Fsp3) is 0.611. The standard InChI is InChI=1S/C18H29NO6S2/c1-18(2,26-13-7-5-6-12-20)16(17(21)25-4)19-27(22,23)15-10-8-14(24-3)9-11-15/h8-11,16,19-20H,5-7,12-13H2,1-4H3/t16-/m0/s1. The van der Waals surface area contributed by atoms with Crippen LogP contribution < -0.4 is 9.46 Å². The van der Waals surface area contributed by atoms with Gasteiger partial charge in [-0.15, -0.1) is 0 Å². The molecule has 0 saturated heterocycles. The highest BCUT2D eigenvalue weighted by Crippen LogP contribution is 2.31. The van der Waals surface area contributed by atoms with Gasteiger partial charge in [0.15, 0.2) is 0 Å². The molecule has 7 nitrogen and oxygen atoms in total. The molecule has 0 aliphatic carbocycles. The average Bonchev–Trinajstić information content (AvgIpc) is 2.65. The molecule has 1 rings (SSSR count). The molecule has 0 radical (unpaired) electrons. The summed E-state index contributed by atoms with van der Waals surface area (Å²) in [6.07, 6.45) is 2.47. The van der Waals surface area contributed by atoms with E-state index in [1.165, 1.54) is 38.1 Å². The van der Waals surface area contributed by atoms with E-state index in [2.05, 4.69) is 4.72 Å². The molecule has 27 heavy (non-hydrogen) atoms. The van der Waals surface area contributed by atoms with Crippen molar-refractivity contribution in [2.45, 2.75) is 48.8 Å². The number of carbonyl (C=O) groups is 1. The molecule has 0 saturated carbocycles. The second-order valence-electron chi connectivity index (χ2n) is 6.49. The minimum atomic E-state index is -3.91. The minimum absolute atomic E-state index is 0.0425. The summed E-state index contributed by atoms with van der Waals surface area (Å²) >= 11 is 1.49. The second kappa shape index (κ2) is 10.9. The predicted molar refractivity (Wildman–Crippen MR) is 107 cm³/mol. The van der Waals surface area contributed by atoms with Crippen LogP contribution in [0.15, 0.2) is 29.2 Å². The smallest absolute Gasteiger partial charge is 0.325 e. The first-order chi connectivity index (χ1) is 12.7. The molecular formula is C18H29NO6S2. The Balaban J connectivity index is 2.93. The van der Waals surface area contributed by atoms with Crippen LogP contribution in [0, 0.1) is 0 Å². The molecule has 9 heteroatoms. The van der Waals surface area contributed by atoms with Gasteiger partial charge in [0.05, 0.1) is 19.1 Å². The maximum absolute atomic E-state index is 12.7. The number of hydrogen-bond acceptors (Lipinski definition) is 7. The van der Waals surface area contributed by atoms with Crippen LogP contribution >= 0.6 is 11.8 Å². The number of benzene rings is 1. The number of aliphatic hydroxyl groups is 1. The van der Waals surface area contributed by atoms with Crippen molar-refractivity contribution in [3.05, 3.63) is 24.3 Å². The number of aliphatic hydroxyl groups excluding tert-OH is 1. The summed E-state index contributed by atoms with van der Waals surface area (Å²) in [5, 5.41) is 8.83. The molecule has 0 bridgehead atoms. The lowest BCUT2D eigenvalue weighted by Gasteiger charge is -2.32. The molecule has 0 amide bonds. The van der Waals surface area contributed by atoms with Crippen molar-refractivity contribution in [3.63, 3.8) is 0 Å². The van der Waals surface area contributed by atoms with Crippen LogP contribution in [-0.2, 0) is 19.6 Å². The number of unbranched alkanes of at least 4 members (excludes halogenated alkanes) is 2. The predicted octanol–water partition coefficient (Wildman–Crippen LogP) is 2.19. The molecule has 0 fully saturated rings. The third-order valence-corrected chi connectivity index (χ3v) is 6.96. The molecule has 0 spiro atoms. The van der Waals surface area contributed by atoms with Crippen LogP contribution in [-0.4, -0.2) is 56.9 Å². The zero-order valence-electron chi connectivity index (χ0n) is 16.2. The Hall–Kier alpha value is -1.29. The zero-order valence-corrected chi connectivity index (χ0v) is 17.9. The Morgan fingerprint density at radius 1 is 1.19 bits per heavy atom. The molecule has 2 N–H and O–H groups in total. The summed E-state index contributed by atoms with van der Waals surface area (Å²) in [7, 11) is -1.18. The molecular weight excluding hydrogens is 390 g/mol. The van der Waals surface area contributed by atoms with E-state index in [0.29, 0.717) is 5.75 Å². The first kappa shape index (κ1) is 23.7. The Morgan fingerprint density at radius 2 is 1.81 bits per heavy atom. The highest BCUT2D eigenvalue weighted by molar-refractivity contribution is 8.00. The van der Waals surface area contributed by atoms with Gasteiger partial charge in [0.1, 0.15) is 11.8 Å². The van der Waals surface area contributed by atoms with Gasteiger partial charge in [-0.05, 0) is 56.7 Å². The summed E-state index contributed by atoms with van der Waals surface area (Å²) in [5.74, 6) is 0.641. The Labute approximate surface area is 165 Å². The van der Waals surface area contributed by atoms with Gasteiger partial charge in [0, 0.05) is 11.4 Å². The third kappa shape index (κ3) is 7.33. The highest BCUT2D eigenvalue weighted by atomic mass is 32.2. The lowest BCUT2D eigenvalue weighted by atomic mass is 10.0. The van der Waals surface area contributed by atoms with E-state index >= 15 is 0 Å². The molecule has 1 aromatic carbocycles. The molecule has 0 unspecified atom stereocenters. The van der Waals surface area contributed by atoms with Gasteiger partial charge in [0.2, 0.25) is 10.0 Å². The molecule has 0 heterocycles. The lowest BCUT2D eigenvalue weighted by Crippen LogP contribution is -2.53. The first-order valence-electron chi connectivity index (χ1n) is 8.67. The Kier molecular flexibility index (Phi) is 9.58. The molecule has 0 aliphatic heterocycles. The van der Waals surface area contributed by atoms with Gasteiger partial charge >= 0.3 is 5.97 Å². The number of nitrogens with one attached hydrogen (secondary N) is 1. The molecule has 0 aromatic heterocycles. The first-order valence-corrected chi connectivity index (χ1v) is 11.1. The van der Waals surface area contributed by atoms with Crippen LogP contribution in [0.4, 0.5) is 0 Å². The van der Waals surface area contributed by atoms with Crippen LogP contribution in [0.2, 0.25) is 0 Å². The minimum Gasteiger partial charge on any atom is -0.497 e. The van der Waals surface area contributed by atoms with Crippen LogP contribution in [0.3, 0.4) is 0 Å². The zero-order chi connectivity index (χ0) is 20.5. The number of sulfonamides is 1. The quantitative estimate of drug-likeness (QED) is 0.395. The van der Waals surface area contributed by atoms with Crippen molar-refractivity contribution in [1.29, 1.82) is 0 Å². The fourth-order valence-corrected chi connectivity index (χ4v) is 4.98. The van der Waals surface area contributed by atoms with Gasteiger partial charge in [-0.25, -0.2) is 8.42 Å². The van der Waals surface area contributed by atoms with Gasteiger partial charge < -0.3 is 14.6 Å². The molecule has 1 aromatic rings. The lowest BCUT2D eigenvalue weighted by molar-refractivity contribution is -0.143. The van der Waals surface area contributed by atoms with Gasteiger partial charge in [-0.1, -0.05) is 6.42 Å². The van der Waals surface area contributed by atoms with E-state index in [1.54, 1.807) is 12.1 Å². The number of carbonyl (C=O) groups excluding carboxylic acids is 1. The van der Waals surface area contributed by atoms with E-state index in [0.717, 1.165) is 25.0 Å². The van der Waals surface area contributed by atoms with E-state index in [4.69, 9.17) is 14.6 Å². The highest BCUT2D eigenvalue weighted by Gasteiger charge is 2.39. The number of hydrogen-bond donors (Lipinski definition) is 2. The van der Waals surface area contributed by atoms with Crippen LogP contribution in [0.25, 0.3) is 0 Å². The summed E-state index contributed by atoms with van der Waals surface area (Å²) in [5.41, 5.74) is 0. The number of esters is 1. The topological polar surface area (TPSA) is 102 Å². The van der Waals surface area contributed by atoms with Crippen molar-refractivity contribution in [3.8, 4) is 5.75 Å². The molecule has 154 valence electrons. The Bertz CT molecular complexity index is 688. The number of rotatable bonds is 12. The van der Waals surface area contributed by atoms with Crippen molar-refractivity contribution in [2.24, 2.45) is 0 Å². The Morgan fingerprint density at radius 3 is 2.33 bits per heavy atom. The van der Waals surface area contributed by atoms with E-state index in [1.807, 2.05) is 13.8 Å². The largest absolute Gasteiger partial charge is 0.497 e. The number of thioether (sulfide) groups is 1. The van der Waals surface area contributed by atoms with Crippen LogP contribution in [0.1, 0.15) is 33.1 Å². The van der Waals surface area contributed by atoms with Crippen molar-refractivity contribution < 1.29 is 27.8 Å². The number of ether oxygens (including phenoxy) is 2. The monoisotopic (exact) mass is 419 g/mol. The third-order valence-electron chi connectivity index (χ3n) is 4.05. The summed E-state index contributed by atoms with van der Waals surface area (Å²) in [4.78, 5) is 12.3. The SMILES string of the molecule is COC(=O)[C@H](NS(=O)(=O)c1ccc(OC)cc1)C(C)(C)SCCCCCO. The number of methoxy groups -OCH3 is 2. The summed E-state index contributed by atoms with van der Waals surface area (Å²) < 4.78 is 37.1. The molecule has 1 atom stereocenters.